The van der Waals surface area contributed by atoms with Gasteiger partial charge in [-0.05, 0) is 12.5 Å². The van der Waals surface area contributed by atoms with Gasteiger partial charge in [0.05, 0.1) is 12.1 Å². The quantitative estimate of drug-likeness (QED) is 0.857. The molecule has 0 aliphatic carbocycles. The summed E-state index contributed by atoms with van der Waals surface area (Å²) >= 11 is 1.57. The maximum atomic E-state index is 11.7. The van der Waals surface area contributed by atoms with E-state index in [4.69, 9.17) is 5.73 Å². The molecule has 0 aliphatic heterocycles. The molecule has 0 saturated carbocycles. The second-order valence-electron chi connectivity index (χ2n) is 4.09. The van der Waals surface area contributed by atoms with Crippen molar-refractivity contribution in [2.45, 2.75) is 19.8 Å². The van der Waals surface area contributed by atoms with Gasteiger partial charge in [0.15, 0.2) is 4.96 Å². The van der Waals surface area contributed by atoms with Crippen LogP contribution in [0.1, 0.15) is 19.0 Å². The Bertz CT molecular complexity index is 460. The van der Waals surface area contributed by atoms with Crippen molar-refractivity contribution in [3.8, 4) is 0 Å². The van der Waals surface area contributed by atoms with Crippen LogP contribution in [0.15, 0.2) is 17.8 Å². The van der Waals surface area contributed by atoms with E-state index in [1.54, 1.807) is 11.3 Å². The number of rotatable bonds is 5. The fourth-order valence-corrected chi connectivity index (χ4v) is 2.33. The zero-order valence-electron chi connectivity index (χ0n) is 9.22. The number of imidazole rings is 1. The zero-order valence-corrected chi connectivity index (χ0v) is 10.0. The summed E-state index contributed by atoms with van der Waals surface area (Å²) in [5.74, 6) is 0.472. The van der Waals surface area contributed by atoms with Crippen molar-refractivity contribution in [2.75, 3.05) is 6.54 Å². The normalized spacial score (nSPS) is 13.1. The van der Waals surface area contributed by atoms with Gasteiger partial charge in [-0.25, -0.2) is 4.98 Å². The molecule has 4 nitrogen and oxygen atoms in total. The van der Waals surface area contributed by atoms with Crippen LogP contribution in [0.25, 0.3) is 4.96 Å². The Morgan fingerprint density at radius 2 is 2.50 bits per heavy atom. The standard InChI is InChI=1S/C11H15N3OS/c1-8(6-12)4-10(15)5-9-7-14-2-3-16-11(14)13-9/h2-3,7-8H,4-6,12H2,1H3. The van der Waals surface area contributed by atoms with Crippen molar-refractivity contribution < 1.29 is 4.79 Å². The summed E-state index contributed by atoms with van der Waals surface area (Å²) < 4.78 is 1.94. The van der Waals surface area contributed by atoms with E-state index in [-0.39, 0.29) is 11.7 Å². The average Bonchev–Trinajstić information content (AvgIpc) is 2.77. The third-order valence-electron chi connectivity index (χ3n) is 2.50. The predicted molar refractivity (Wildman–Crippen MR) is 64.6 cm³/mol. The molecule has 0 spiro atoms. The molecule has 1 atom stereocenters. The Morgan fingerprint density at radius 3 is 3.19 bits per heavy atom. The maximum absolute atomic E-state index is 11.7. The summed E-state index contributed by atoms with van der Waals surface area (Å²) in [5.41, 5.74) is 6.34. The van der Waals surface area contributed by atoms with Gasteiger partial charge < -0.3 is 5.73 Å². The van der Waals surface area contributed by atoms with E-state index in [0.717, 1.165) is 10.7 Å². The molecule has 1 unspecified atom stereocenters. The number of nitrogens with two attached hydrogens (primary N) is 1. The highest BCUT2D eigenvalue weighted by Crippen LogP contribution is 2.13. The first kappa shape index (κ1) is 11.3. The van der Waals surface area contributed by atoms with Gasteiger partial charge in [-0.3, -0.25) is 9.20 Å². The second kappa shape index (κ2) is 4.76. The third kappa shape index (κ3) is 2.48. The zero-order chi connectivity index (χ0) is 11.5. The molecule has 0 radical (unpaired) electrons. The van der Waals surface area contributed by atoms with Crippen LogP contribution in [0.2, 0.25) is 0 Å². The van der Waals surface area contributed by atoms with Gasteiger partial charge in [-0.15, -0.1) is 11.3 Å². The van der Waals surface area contributed by atoms with Crippen LogP contribution in [-0.4, -0.2) is 21.7 Å². The molecule has 2 rings (SSSR count). The highest BCUT2D eigenvalue weighted by Gasteiger charge is 2.11. The number of fused-ring (bicyclic) bond motifs is 1. The molecule has 2 heterocycles. The molecular formula is C11H15N3OS. The van der Waals surface area contributed by atoms with Gasteiger partial charge in [0.2, 0.25) is 0 Å². The largest absolute Gasteiger partial charge is 0.330 e. The summed E-state index contributed by atoms with van der Waals surface area (Å²) in [7, 11) is 0. The van der Waals surface area contributed by atoms with Crippen LogP contribution in [-0.2, 0) is 11.2 Å². The summed E-state index contributed by atoms with van der Waals surface area (Å²) in [6, 6.07) is 0. The highest BCUT2D eigenvalue weighted by atomic mass is 32.1. The van der Waals surface area contributed by atoms with Crippen LogP contribution < -0.4 is 5.73 Å². The molecule has 5 heteroatoms. The van der Waals surface area contributed by atoms with Gasteiger partial charge in [-0.1, -0.05) is 6.92 Å². The highest BCUT2D eigenvalue weighted by molar-refractivity contribution is 7.15. The van der Waals surface area contributed by atoms with E-state index in [2.05, 4.69) is 4.98 Å². The average molecular weight is 237 g/mol. The first-order chi connectivity index (χ1) is 7.69. The summed E-state index contributed by atoms with van der Waals surface area (Å²) in [5, 5.41) is 1.98. The smallest absolute Gasteiger partial charge is 0.193 e. The Morgan fingerprint density at radius 1 is 1.69 bits per heavy atom. The van der Waals surface area contributed by atoms with Crippen molar-refractivity contribution in [2.24, 2.45) is 11.7 Å². The molecule has 16 heavy (non-hydrogen) atoms. The summed E-state index contributed by atoms with van der Waals surface area (Å²) in [6.07, 6.45) is 4.82. The van der Waals surface area contributed by atoms with Gasteiger partial charge in [-0.2, -0.15) is 0 Å². The summed E-state index contributed by atoms with van der Waals surface area (Å²) in [6.45, 7) is 2.55. The molecule has 2 N–H and O–H groups in total. The van der Waals surface area contributed by atoms with E-state index in [9.17, 15) is 4.79 Å². The van der Waals surface area contributed by atoms with Gasteiger partial charge in [0, 0.05) is 24.2 Å². The van der Waals surface area contributed by atoms with Crippen molar-refractivity contribution in [1.29, 1.82) is 0 Å². The number of aromatic nitrogens is 2. The van der Waals surface area contributed by atoms with Gasteiger partial charge in [0.25, 0.3) is 0 Å². The first-order valence-electron chi connectivity index (χ1n) is 5.32. The van der Waals surface area contributed by atoms with Gasteiger partial charge in [0.1, 0.15) is 5.78 Å². The van der Waals surface area contributed by atoms with Gasteiger partial charge >= 0.3 is 0 Å². The number of ketones is 1. The molecule has 0 fully saturated rings. The van der Waals surface area contributed by atoms with Crippen LogP contribution in [0.5, 0.6) is 0 Å². The molecule has 0 saturated heterocycles. The minimum Gasteiger partial charge on any atom is -0.330 e. The SMILES string of the molecule is CC(CN)CC(=O)Cc1cn2ccsc2n1. The Balaban J connectivity index is 1.99. The molecule has 0 aromatic carbocycles. The lowest BCUT2D eigenvalue weighted by Gasteiger charge is -2.05. The first-order valence-corrected chi connectivity index (χ1v) is 6.20. The lowest BCUT2D eigenvalue weighted by Crippen LogP contribution is -2.16. The number of hydrogen-bond donors (Lipinski definition) is 1. The topological polar surface area (TPSA) is 60.4 Å². The van der Waals surface area contributed by atoms with E-state index < -0.39 is 0 Å². The number of nitrogens with zero attached hydrogens (tertiary/aromatic N) is 2. The number of hydrogen-bond acceptors (Lipinski definition) is 4. The van der Waals surface area contributed by atoms with E-state index in [1.807, 2.05) is 29.1 Å². The molecule has 86 valence electrons. The van der Waals surface area contributed by atoms with Crippen LogP contribution in [0, 0.1) is 5.92 Å². The molecular weight excluding hydrogens is 222 g/mol. The van der Waals surface area contributed by atoms with Crippen molar-refractivity contribution in [1.82, 2.24) is 9.38 Å². The number of carbonyl (C=O) groups excluding carboxylic acids is 1. The minimum absolute atomic E-state index is 0.212. The number of thiazole rings is 1. The van der Waals surface area contributed by atoms with Crippen molar-refractivity contribution in [3.63, 3.8) is 0 Å². The van der Waals surface area contributed by atoms with Crippen LogP contribution in [0.4, 0.5) is 0 Å². The monoisotopic (exact) mass is 237 g/mol. The van der Waals surface area contributed by atoms with Crippen LogP contribution in [0.3, 0.4) is 0 Å². The number of Topliss-reactive ketones (excluding diaryl/α,β-unsaturated/α-hetero) is 1. The molecule has 0 bridgehead atoms. The molecule has 0 amide bonds. The maximum Gasteiger partial charge on any atom is 0.193 e. The predicted octanol–water partition coefficient (Wildman–Crippen LogP) is 1.49. The number of carbonyl (C=O) groups is 1. The molecule has 2 aromatic heterocycles. The molecule has 0 aliphatic rings. The Kier molecular flexibility index (Phi) is 3.36. The lowest BCUT2D eigenvalue weighted by molar-refractivity contribution is -0.119. The minimum atomic E-state index is 0.212. The van der Waals surface area contributed by atoms with E-state index >= 15 is 0 Å². The Hall–Kier alpha value is -1.20. The molecule has 2 aromatic rings. The second-order valence-corrected chi connectivity index (χ2v) is 4.96. The lowest BCUT2D eigenvalue weighted by atomic mass is 10.0. The fourth-order valence-electron chi connectivity index (χ4n) is 1.61. The summed E-state index contributed by atoms with van der Waals surface area (Å²) in [4.78, 5) is 17.0. The fraction of sp³-hybridized carbons (Fsp3) is 0.455. The van der Waals surface area contributed by atoms with E-state index in [0.29, 0.717) is 19.4 Å². The third-order valence-corrected chi connectivity index (χ3v) is 3.27. The Labute approximate surface area is 98.1 Å². The van der Waals surface area contributed by atoms with Crippen molar-refractivity contribution >= 4 is 22.1 Å². The van der Waals surface area contributed by atoms with Crippen molar-refractivity contribution in [3.05, 3.63) is 23.5 Å². The van der Waals surface area contributed by atoms with Crippen LogP contribution >= 0.6 is 11.3 Å². The van der Waals surface area contributed by atoms with E-state index in [1.165, 1.54) is 0 Å².